The van der Waals surface area contributed by atoms with Crippen LogP contribution in [0.1, 0.15) is 19.3 Å². The molecule has 1 saturated carbocycles. The van der Waals surface area contributed by atoms with Gasteiger partial charge in [0.25, 0.3) is 0 Å². The largest absolute Gasteiger partial charge is 0.373 e. The molecule has 0 aromatic heterocycles. The first kappa shape index (κ1) is 11.6. The van der Waals surface area contributed by atoms with Crippen molar-refractivity contribution >= 4 is 31.5 Å². The Labute approximate surface area is 105 Å². The molecule has 1 spiro atoms. The monoisotopic (exact) mass is 282 g/mol. The standard InChI is InChI=1S/C10H15ClO3S2/c11-16(12,13)7-9-4-8(9)5-14-10(9)2-1-3-15-6-10/h8H,1-7H2. The first-order valence-electron chi connectivity index (χ1n) is 5.62. The van der Waals surface area contributed by atoms with Gasteiger partial charge < -0.3 is 4.74 Å². The fourth-order valence-electron chi connectivity index (χ4n) is 3.45. The van der Waals surface area contributed by atoms with E-state index in [1.165, 1.54) is 5.75 Å². The Bertz CT molecular complexity index is 402. The number of hydrogen-bond acceptors (Lipinski definition) is 4. The molecule has 2 aliphatic heterocycles. The quantitative estimate of drug-likeness (QED) is 0.725. The minimum Gasteiger partial charge on any atom is -0.373 e. The van der Waals surface area contributed by atoms with Crippen molar-refractivity contribution in [3.05, 3.63) is 0 Å². The van der Waals surface area contributed by atoms with E-state index in [0.29, 0.717) is 5.92 Å². The van der Waals surface area contributed by atoms with Gasteiger partial charge >= 0.3 is 0 Å². The lowest BCUT2D eigenvalue weighted by Crippen LogP contribution is -2.46. The molecule has 3 nitrogen and oxygen atoms in total. The third-order valence-electron chi connectivity index (χ3n) is 4.33. The van der Waals surface area contributed by atoms with Crippen LogP contribution in [0.3, 0.4) is 0 Å². The van der Waals surface area contributed by atoms with Crippen molar-refractivity contribution in [3.63, 3.8) is 0 Å². The smallest absolute Gasteiger partial charge is 0.233 e. The molecule has 0 aromatic rings. The fraction of sp³-hybridized carbons (Fsp3) is 1.00. The van der Waals surface area contributed by atoms with Crippen molar-refractivity contribution in [2.45, 2.75) is 24.9 Å². The third kappa shape index (κ3) is 1.62. The number of halogens is 1. The van der Waals surface area contributed by atoms with Crippen LogP contribution in [-0.2, 0) is 13.8 Å². The van der Waals surface area contributed by atoms with Crippen LogP contribution < -0.4 is 0 Å². The van der Waals surface area contributed by atoms with E-state index < -0.39 is 9.05 Å². The summed E-state index contributed by atoms with van der Waals surface area (Å²) in [6.45, 7) is 0.729. The topological polar surface area (TPSA) is 43.4 Å². The van der Waals surface area contributed by atoms with Crippen molar-refractivity contribution in [2.75, 3.05) is 23.9 Å². The van der Waals surface area contributed by atoms with Crippen LogP contribution in [0.4, 0.5) is 0 Å². The van der Waals surface area contributed by atoms with Crippen LogP contribution in [0, 0.1) is 11.3 Å². The average molecular weight is 283 g/mol. The van der Waals surface area contributed by atoms with Gasteiger partial charge in [0.05, 0.1) is 18.0 Å². The Morgan fingerprint density at radius 1 is 1.50 bits per heavy atom. The summed E-state index contributed by atoms with van der Waals surface area (Å²) in [5, 5.41) is 0. The van der Waals surface area contributed by atoms with Gasteiger partial charge in [0, 0.05) is 21.9 Å². The number of rotatable bonds is 2. The van der Waals surface area contributed by atoms with Gasteiger partial charge in [-0.25, -0.2) is 8.42 Å². The van der Waals surface area contributed by atoms with E-state index >= 15 is 0 Å². The molecular formula is C10H15ClO3S2. The predicted molar refractivity (Wildman–Crippen MR) is 65.4 cm³/mol. The summed E-state index contributed by atoms with van der Waals surface area (Å²) in [4.78, 5) is 0. The molecule has 6 heteroatoms. The molecule has 16 heavy (non-hydrogen) atoms. The molecule has 0 aromatic carbocycles. The van der Waals surface area contributed by atoms with Gasteiger partial charge in [0.15, 0.2) is 0 Å². The van der Waals surface area contributed by atoms with E-state index in [2.05, 4.69) is 0 Å². The summed E-state index contributed by atoms with van der Waals surface area (Å²) in [5.74, 6) is 2.64. The fourth-order valence-corrected chi connectivity index (χ4v) is 6.61. The maximum Gasteiger partial charge on any atom is 0.233 e. The highest BCUT2D eigenvalue weighted by molar-refractivity contribution is 8.13. The van der Waals surface area contributed by atoms with Crippen LogP contribution in [-0.4, -0.2) is 37.9 Å². The van der Waals surface area contributed by atoms with E-state index in [0.717, 1.165) is 31.6 Å². The van der Waals surface area contributed by atoms with Crippen molar-refractivity contribution in [2.24, 2.45) is 11.3 Å². The molecule has 0 radical (unpaired) electrons. The minimum absolute atomic E-state index is 0.104. The predicted octanol–water partition coefficient (Wildman–Crippen LogP) is 1.86. The highest BCUT2D eigenvalue weighted by atomic mass is 35.7. The number of thioether (sulfide) groups is 1. The molecule has 0 bridgehead atoms. The lowest BCUT2D eigenvalue weighted by molar-refractivity contribution is -0.0379. The molecule has 3 rings (SSSR count). The number of hydrogen-bond donors (Lipinski definition) is 0. The second-order valence-corrected chi connectivity index (χ2v) is 9.08. The molecule has 1 aliphatic carbocycles. The summed E-state index contributed by atoms with van der Waals surface area (Å²) in [7, 11) is 2.03. The molecule has 3 atom stereocenters. The number of fused-ring (bicyclic) bond motifs is 2. The molecule has 3 aliphatic rings. The summed E-state index contributed by atoms with van der Waals surface area (Å²) in [6.07, 6.45) is 3.11. The summed E-state index contributed by atoms with van der Waals surface area (Å²) >= 11 is 1.88. The van der Waals surface area contributed by atoms with Crippen LogP contribution >= 0.6 is 22.4 Å². The molecule has 0 amide bonds. The first-order valence-corrected chi connectivity index (χ1v) is 9.25. The van der Waals surface area contributed by atoms with Gasteiger partial charge in [0.1, 0.15) is 0 Å². The maximum absolute atomic E-state index is 11.3. The van der Waals surface area contributed by atoms with Gasteiger partial charge in [-0.1, -0.05) is 0 Å². The van der Waals surface area contributed by atoms with E-state index in [1.54, 1.807) is 0 Å². The molecule has 3 fully saturated rings. The van der Waals surface area contributed by atoms with E-state index in [1.807, 2.05) is 11.8 Å². The molecule has 3 unspecified atom stereocenters. The molecule has 92 valence electrons. The molecule has 0 N–H and O–H groups in total. The molecule has 2 heterocycles. The average Bonchev–Trinajstić information content (AvgIpc) is 2.82. The summed E-state index contributed by atoms with van der Waals surface area (Å²) in [5.41, 5.74) is -0.344. The van der Waals surface area contributed by atoms with Crippen LogP contribution in [0.2, 0.25) is 0 Å². The second kappa shape index (κ2) is 3.53. The van der Waals surface area contributed by atoms with E-state index in [-0.39, 0.29) is 16.8 Å². The maximum atomic E-state index is 11.3. The van der Waals surface area contributed by atoms with Crippen LogP contribution in [0.5, 0.6) is 0 Å². The SMILES string of the molecule is O=S(=O)(Cl)CC12CC1COC21CCCSC1. The van der Waals surface area contributed by atoms with Gasteiger partial charge in [-0.05, 0) is 30.9 Å². The highest BCUT2D eigenvalue weighted by Gasteiger charge is 2.72. The van der Waals surface area contributed by atoms with Crippen molar-refractivity contribution in [3.8, 4) is 0 Å². The van der Waals surface area contributed by atoms with Crippen LogP contribution in [0.25, 0.3) is 0 Å². The molecular weight excluding hydrogens is 268 g/mol. The third-order valence-corrected chi connectivity index (χ3v) is 6.77. The zero-order chi connectivity index (χ0) is 11.4. The lowest BCUT2D eigenvalue weighted by Gasteiger charge is -2.40. The van der Waals surface area contributed by atoms with Gasteiger partial charge in [-0.2, -0.15) is 11.8 Å². The lowest BCUT2D eigenvalue weighted by atomic mass is 9.83. The minimum atomic E-state index is -3.42. The van der Waals surface area contributed by atoms with Gasteiger partial charge in [0.2, 0.25) is 9.05 Å². The second-order valence-electron chi connectivity index (χ2n) is 5.20. The Kier molecular flexibility index (Phi) is 2.56. The molecule has 2 saturated heterocycles. The Morgan fingerprint density at radius 3 is 2.88 bits per heavy atom. The van der Waals surface area contributed by atoms with Gasteiger partial charge in [-0.3, -0.25) is 0 Å². The van der Waals surface area contributed by atoms with Crippen molar-refractivity contribution in [1.29, 1.82) is 0 Å². The van der Waals surface area contributed by atoms with E-state index in [4.69, 9.17) is 15.4 Å². The Balaban J connectivity index is 1.89. The van der Waals surface area contributed by atoms with Gasteiger partial charge in [-0.15, -0.1) is 0 Å². The number of ether oxygens (including phenoxy) is 1. The van der Waals surface area contributed by atoms with Crippen molar-refractivity contribution in [1.82, 2.24) is 0 Å². The highest BCUT2D eigenvalue weighted by Crippen LogP contribution is 2.69. The Hall–Kier alpha value is 0.550. The first-order chi connectivity index (χ1) is 7.48. The summed E-state index contributed by atoms with van der Waals surface area (Å²) < 4.78 is 28.6. The van der Waals surface area contributed by atoms with Crippen LogP contribution in [0.15, 0.2) is 0 Å². The zero-order valence-electron chi connectivity index (χ0n) is 8.95. The normalized spacial score (nSPS) is 46.9. The zero-order valence-corrected chi connectivity index (χ0v) is 11.3. The van der Waals surface area contributed by atoms with Crippen molar-refractivity contribution < 1.29 is 13.2 Å². The Morgan fingerprint density at radius 2 is 2.31 bits per heavy atom. The van der Waals surface area contributed by atoms with E-state index in [9.17, 15) is 8.42 Å². The summed E-state index contributed by atoms with van der Waals surface area (Å²) in [6, 6.07) is 0.